The number of rotatable bonds is 3. The Labute approximate surface area is 132 Å². The van der Waals surface area contributed by atoms with Crippen LogP contribution >= 0.6 is 0 Å². The Morgan fingerprint density at radius 2 is 1.76 bits per heavy atom. The zero-order chi connectivity index (χ0) is 16.2. The molecule has 0 heterocycles. The average Bonchev–Trinajstić information content (AvgIpc) is 2.29. The van der Waals surface area contributed by atoms with Crippen LogP contribution in [0, 0.1) is 17.3 Å². The highest BCUT2D eigenvalue weighted by Crippen LogP contribution is 2.56. The van der Waals surface area contributed by atoms with Crippen LogP contribution < -0.4 is 0 Å². The van der Waals surface area contributed by atoms with E-state index in [1.54, 1.807) is 0 Å². The van der Waals surface area contributed by atoms with Gasteiger partial charge in [0.15, 0.2) is 8.32 Å². The summed E-state index contributed by atoms with van der Waals surface area (Å²) in [5.74, 6) is 2.27. The maximum atomic E-state index is 6.78. The van der Waals surface area contributed by atoms with Gasteiger partial charge in [0.05, 0.1) is 13.2 Å². The van der Waals surface area contributed by atoms with Gasteiger partial charge in [0, 0.05) is 5.92 Å². The molecule has 3 aliphatic rings. The van der Waals surface area contributed by atoms with Crippen molar-refractivity contribution in [1.29, 1.82) is 0 Å². The summed E-state index contributed by atoms with van der Waals surface area (Å²) in [6.45, 7) is 18.8. The third kappa shape index (κ3) is 2.84. The predicted molar refractivity (Wildman–Crippen MR) is 91.8 cm³/mol. The summed E-state index contributed by atoms with van der Waals surface area (Å²) in [4.78, 5) is 0. The van der Waals surface area contributed by atoms with E-state index in [0.29, 0.717) is 23.4 Å². The summed E-state index contributed by atoms with van der Waals surface area (Å²) in [5.41, 5.74) is 1.85. The van der Waals surface area contributed by atoms with Gasteiger partial charge in [-0.2, -0.15) is 0 Å². The molecule has 0 amide bonds. The fourth-order valence-corrected chi connectivity index (χ4v) is 5.41. The van der Waals surface area contributed by atoms with Gasteiger partial charge in [-0.25, -0.2) is 0 Å². The molecule has 3 heteroatoms. The van der Waals surface area contributed by atoms with E-state index >= 15 is 0 Å². The van der Waals surface area contributed by atoms with Gasteiger partial charge in [-0.3, -0.25) is 0 Å². The van der Waals surface area contributed by atoms with E-state index in [1.807, 2.05) is 7.11 Å². The predicted octanol–water partition coefficient (Wildman–Crippen LogP) is 5.36. The van der Waals surface area contributed by atoms with Crippen LogP contribution in [0.25, 0.3) is 0 Å². The third-order valence-corrected chi connectivity index (χ3v) is 10.8. The summed E-state index contributed by atoms with van der Waals surface area (Å²) in [5, 5.41) is 0.269. The minimum Gasteiger partial charge on any atom is -0.501 e. The van der Waals surface area contributed by atoms with E-state index in [0.717, 1.165) is 0 Å². The van der Waals surface area contributed by atoms with E-state index in [2.05, 4.69) is 54.6 Å². The summed E-state index contributed by atoms with van der Waals surface area (Å²) in [7, 11) is 0.111. The summed E-state index contributed by atoms with van der Waals surface area (Å²) < 4.78 is 12.6. The van der Waals surface area contributed by atoms with Crippen LogP contribution in [0.2, 0.25) is 18.1 Å². The minimum atomic E-state index is -1.72. The van der Waals surface area contributed by atoms with Gasteiger partial charge in [-0.1, -0.05) is 34.6 Å². The molecule has 0 radical (unpaired) electrons. The molecule has 3 aliphatic carbocycles. The SMILES string of the molecule is COC1=C(C)C2CC(O[Si](C)(C)C(C)(C)C)C1CC2(C)C. The largest absolute Gasteiger partial charge is 0.501 e. The molecule has 3 atom stereocenters. The van der Waals surface area contributed by atoms with Gasteiger partial charge in [0.1, 0.15) is 5.76 Å². The van der Waals surface area contributed by atoms with Crippen LogP contribution in [-0.4, -0.2) is 21.5 Å². The van der Waals surface area contributed by atoms with Gasteiger partial charge < -0.3 is 9.16 Å². The first-order valence-electron chi connectivity index (χ1n) is 8.33. The minimum absolute atomic E-state index is 0.269. The molecule has 0 aromatic carbocycles. The summed E-state index contributed by atoms with van der Waals surface area (Å²) in [6, 6.07) is 0. The fourth-order valence-electron chi connectivity index (χ4n) is 4.04. The van der Waals surface area contributed by atoms with Crippen molar-refractivity contribution in [2.24, 2.45) is 17.3 Å². The van der Waals surface area contributed by atoms with Gasteiger partial charge in [-0.15, -0.1) is 0 Å². The molecule has 0 aromatic rings. The molecule has 21 heavy (non-hydrogen) atoms. The van der Waals surface area contributed by atoms with Crippen molar-refractivity contribution in [3.63, 3.8) is 0 Å². The highest BCUT2D eigenvalue weighted by atomic mass is 28.4. The van der Waals surface area contributed by atoms with E-state index in [-0.39, 0.29) is 5.04 Å². The molecule has 2 nitrogen and oxygen atoms in total. The van der Waals surface area contributed by atoms with Crippen LogP contribution in [0.1, 0.15) is 54.4 Å². The Morgan fingerprint density at radius 3 is 2.24 bits per heavy atom. The second-order valence-corrected chi connectivity index (χ2v) is 14.0. The van der Waals surface area contributed by atoms with E-state index < -0.39 is 8.32 Å². The lowest BCUT2D eigenvalue weighted by Crippen LogP contribution is -2.53. The average molecular weight is 311 g/mol. The molecule has 0 N–H and O–H groups in total. The Morgan fingerprint density at radius 1 is 1.19 bits per heavy atom. The van der Waals surface area contributed by atoms with Gasteiger partial charge in [-0.05, 0) is 54.8 Å². The normalized spacial score (nSPS) is 32.5. The van der Waals surface area contributed by atoms with E-state index in [1.165, 1.54) is 24.2 Å². The van der Waals surface area contributed by atoms with Crippen molar-refractivity contribution < 1.29 is 9.16 Å². The molecule has 1 saturated carbocycles. The monoisotopic (exact) mass is 310 g/mol. The number of fused-ring (bicyclic) bond motifs is 2. The quantitative estimate of drug-likeness (QED) is 0.653. The first-order valence-corrected chi connectivity index (χ1v) is 11.2. The fraction of sp³-hybridized carbons (Fsp3) is 0.889. The Hall–Kier alpha value is -0.283. The van der Waals surface area contributed by atoms with Crippen LogP contribution in [0.4, 0.5) is 0 Å². The Bertz CT molecular complexity index is 443. The van der Waals surface area contributed by atoms with E-state index in [9.17, 15) is 0 Å². The highest BCUT2D eigenvalue weighted by Gasteiger charge is 2.52. The molecule has 2 bridgehead atoms. The van der Waals surface area contributed by atoms with Crippen molar-refractivity contribution in [2.75, 3.05) is 7.11 Å². The van der Waals surface area contributed by atoms with Crippen LogP contribution in [0.3, 0.4) is 0 Å². The lowest BCUT2D eigenvalue weighted by atomic mass is 9.56. The number of hydrogen-bond donors (Lipinski definition) is 0. The molecule has 3 unspecified atom stereocenters. The Balaban J connectivity index is 2.28. The smallest absolute Gasteiger partial charge is 0.192 e. The van der Waals surface area contributed by atoms with Gasteiger partial charge >= 0.3 is 0 Å². The molecule has 122 valence electrons. The van der Waals surface area contributed by atoms with E-state index in [4.69, 9.17) is 9.16 Å². The topological polar surface area (TPSA) is 18.5 Å². The molecule has 0 saturated heterocycles. The van der Waals surface area contributed by atoms with Gasteiger partial charge in [0.25, 0.3) is 0 Å². The lowest BCUT2D eigenvalue weighted by Gasteiger charge is -2.54. The molecular formula is C18H34O2Si. The molecule has 0 aromatic heterocycles. The molecule has 3 rings (SSSR count). The van der Waals surface area contributed by atoms with Crippen LogP contribution in [0.15, 0.2) is 11.3 Å². The Kier molecular flexibility index (Phi) is 4.17. The van der Waals surface area contributed by atoms with Crippen molar-refractivity contribution in [2.45, 2.75) is 78.6 Å². The van der Waals surface area contributed by atoms with Gasteiger partial charge in [0.2, 0.25) is 0 Å². The molecule has 0 spiro atoms. The number of allylic oxidation sites excluding steroid dienone is 1. The van der Waals surface area contributed by atoms with Crippen molar-refractivity contribution in [3.8, 4) is 0 Å². The molecule has 0 aliphatic heterocycles. The van der Waals surface area contributed by atoms with Crippen molar-refractivity contribution in [3.05, 3.63) is 11.3 Å². The number of hydrogen-bond acceptors (Lipinski definition) is 2. The van der Waals surface area contributed by atoms with Crippen LogP contribution in [-0.2, 0) is 9.16 Å². The van der Waals surface area contributed by atoms with Crippen LogP contribution in [0.5, 0.6) is 0 Å². The standard InChI is InChI=1S/C18H34O2Si/c1-12-14-10-15(20-21(8,9)17(2,3)4)13(16(12)19-7)11-18(14,5)6/h13-15H,10-11H2,1-9H3. The second kappa shape index (κ2) is 5.12. The second-order valence-electron chi connectivity index (χ2n) is 9.26. The van der Waals surface area contributed by atoms with Crippen molar-refractivity contribution in [1.82, 2.24) is 0 Å². The first-order chi connectivity index (χ1) is 9.40. The van der Waals surface area contributed by atoms with Crippen molar-refractivity contribution >= 4 is 8.32 Å². The molecule has 1 fully saturated rings. The zero-order valence-electron chi connectivity index (χ0n) is 15.5. The zero-order valence-corrected chi connectivity index (χ0v) is 16.5. The summed E-state index contributed by atoms with van der Waals surface area (Å²) >= 11 is 0. The number of ether oxygens (including phenoxy) is 1. The maximum absolute atomic E-state index is 6.78. The summed E-state index contributed by atoms with van der Waals surface area (Å²) in [6.07, 6.45) is 2.71. The third-order valence-electron chi connectivity index (χ3n) is 6.33. The highest BCUT2D eigenvalue weighted by molar-refractivity contribution is 6.74. The first kappa shape index (κ1) is 17.1. The molecular weight excluding hydrogens is 276 g/mol. The number of methoxy groups -OCH3 is 1. The lowest BCUT2D eigenvalue weighted by molar-refractivity contribution is -0.0296. The maximum Gasteiger partial charge on any atom is 0.192 e.